The molecule has 34 heavy (non-hydrogen) atoms. The van der Waals surface area contributed by atoms with Crippen LogP contribution in [0.15, 0.2) is 59.8 Å². The molecule has 2 atom stereocenters. The molecule has 1 fully saturated rings. The molecule has 0 radical (unpaired) electrons. The molecular weight excluding hydrogens is 461 g/mol. The first kappa shape index (κ1) is 22.5. The molecule has 3 aromatic heterocycles. The van der Waals surface area contributed by atoms with E-state index < -0.39 is 0 Å². The Morgan fingerprint density at radius 1 is 1.29 bits per heavy atom. The molecule has 5 rings (SSSR count). The predicted molar refractivity (Wildman–Crippen MR) is 127 cm³/mol. The van der Waals surface area contributed by atoms with Crippen LogP contribution in [0.3, 0.4) is 0 Å². The molecule has 1 unspecified atom stereocenters. The van der Waals surface area contributed by atoms with E-state index in [9.17, 15) is 14.3 Å². The number of fused-ring (bicyclic) bond motifs is 1. The van der Waals surface area contributed by atoms with Gasteiger partial charge in [0.2, 0.25) is 0 Å². The van der Waals surface area contributed by atoms with E-state index in [0.717, 1.165) is 6.42 Å². The van der Waals surface area contributed by atoms with Gasteiger partial charge in [0, 0.05) is 30.4 Å². The Balaban J connectivity index is 1.47. The van der Waals surface area contributed by atoms with E-state index in [1.54, 1.807) is 41.2 Å². The molecule has 8 nitrogen and oxygen atoms in total. The lowest BCUT2D eigenvalue weighted by molar-refractivity contribution is 0.169. The molecule has 0 saturated carbocycles. The van der Waals surface area contributed by atoms with Gasteiger partial charge < -0.3 is 15.2 Å². The van der Waals surface area contributed by atoms with Crippen LogP contribution >= 0.6 is 11.6 Å². The molecule has 1 aromatic carbocycles. The van der Waals surface area contributed by atoms with Crippen molar-refractivity contribution in [3.63, 3.8) is 0 Å². The number of aliphatic hydroxyl groups is 1. The summed E-state index contributed by atoms with van der Waals surface area (Å²) >= 11 is 6.40. The maximum absolute atomic E-state index is 14.1. The van der Waals surface area contributed by atoms with Gasteiger partial charge in [-0.2, -0.15) is 5.10 Å². The molecule has 0 bridgehead atoms. The number of anilines is 1. The van der Waals surface area contributed by atoms with Crippen LogP contribution in [-0.2, 0) is 11.3 Å². The van der Waals surface area contributed by atoms with Crippen LogP contribution in [0.4, 0.5) is 10.2 Å². The van der Waals surface area contributed by atoms with Gasteiger partial charge in [-0.25, -0.2) is 9.37 Å². The van der Waals surface area contributed by atoms with E-state index in [0.29, 0.717) is 46.2 Å². The zero-order valence-electron chi connectivity index (χ0n) is 18.2. The number of rotatable bonds is 7. The summed E-state index contributed by atoms with van der Waals surface area (Å²) in [5, 5.41) is 18.0. The number of nitrogens with one attached hydrogen (secondary N) is 1. The van der Waals surface area contributed by atoms with Crippen molar-refractivity contribution in [1.82, 2.24) is 19.3 Å². The van der Waals surface area contributed by atoms with Gasteiger partial charge in [0.15, 0.2) is 0 Å². The molecule has 2 N–H and O–H groups in total. The van der Waals surface area contributed by atoms with Gasteiger partial charge >= 0.3 is 0 Å². The average molecular weight is 484 g/mol. The third-order valence-corrected chi connectivity index (χ3v) is 6.44. The SMILES string of the molecule is O=c1c2cnn(Cc3ccccc3F)c2ccn1-c1cc(N[C@H](CO)C2CCOC2)ncc1Cl. The summed E-state index contributed by atoms with van der Waals surface area (Å²) in [5.41, 5.74) is 1.22. The van der Waals surface area contributed by atoms with E-state index in [1.165, 1.54) is 23.0 Å². The third kappa shape index (κ3) is 4.29. The van der Waals surface area contributed by atoms with E-state index in [1.807, 2.05) is 0 Å². The summed E-state index contributed by atoms with van der Waals surface area (Å²) in [7, 11) is 0. The lowest BCUT2D eigenvalue weighted by atomic mass is 10.00. The highest BCUT2D eigenvalue weighted by Crippen LogP contribution is 2.25. The second kappa shape index (κ2) is 9.54. The van der Waals surface area contributed by atoms with Crippen LogP contribution < -0.4 is 10.9 Å². The van der Waals surface area contributed by atoms with Crippen LogP contribution in [-0.4, -0.2) is 50.3 Å². The smallest absolute Gasteiger partial charge is 0.266 e. The minimum Gasteiger partial charge on any atom is -0.394 e. The normalized spacial score (nSPS) is 16.7. The molecule has 4 heterocycles. The number of hydrogen-bond donors (Lipinski definition) is 2. The Morgan fingerprint density at radius 2 is 2.15 bits per heavy atom. The van der Waals surface area contributed by atoms with Crippen molar-refractivity contribution >= 4 is 28.3 Å². The topological polar surface area (TPSA) is 94.2 Å². The molecular formula is C24H23ClFN5O3. The fourth-order valence-corrected chi connectivity index (χ4v) is 4.44. The second-order valence-electron chi connectivity index (χ2n) is 8.26. The maximum atomic E-state index is 14.1. The lowest BCUT2D eigenvalue weighted by Crippen LogP contribution is -2.33. The monoisotopic (exact) mass is 483 g/mol. The number of halogens is 2. The van der Waals surface area contributed by atoms with Crippen molar-refractivity contribution in [2.75, 3.05) is 25.1 Å². The zero-order chi connectivity index (χ0) is 23.7. The molecule has 0 amide bonds. The van der Waals surface area contributed by atoms with Crippen molar-refractivity contribution in [1.29, 1.82) is 0 Å². The minimum atomic E-state index is -0.326. The van der Waals surface area contributed by atoms with Crippen molar-refractivity contribution in [3.05, 3.63) is 81.7 Å². The van der Waals surface area contributed by atoms with Gasteiger partial charge in [-0.1, -0.05) is 29.8 Å². The van der Waals surface area contributed by atoms with Gasteiger partial charge in [0.05, 0.1) is 59.8 Å². The molecule has 1 aliphatic rings. The van der Waals surface area contributed by atoms with Gasteiger partial charge in [-0.15, -0.1) is 0 Å². The molecule has 0 aliphatic carbocycles. The van der Waals surface area contributed by atoms with Crippen molar-refractivity contribution < 1.29 is 14.2 Å². The summed E-state index contributed by atoms with van der Waals surface area (Å²) in [6, 6.07) is 9.68. The number of nitrogens with zero attached hydrogens (tertiary/aromatic N) is 4. The third-order valence-electron chi connectivity index (χ3n) is 6.15. The quantitative estimate of drug-likeness (QED) is 0.419. The number of hydrogen-bond acceptors (Lipinski definition) is 6. The van der Waals surface area contributed by atoms with Gasteiger partial charge in [-0.3, -0.25) is 14.0 Å². The highest BCUT2D eigenvalue weighted by molar-refractivity contribution is 6.32. The van der Waals surface area contributed by atoms with Crippen LogP contribution in [0.25, 0.3) is 16.6 Å². The zero-order valence-corrected chi connectivity index (χ0v) is 19.0. The number of pyridine rings is 2. The van der Waals surface area contributed by atoms with E-state index in [4.69, 9.17) is 16.3 Å². The van der Waals surface area contributed by atoms with Gasteiger partial charge in [0.25, 0.3) is 5.56 Å². The van der Waals surface area contributed by atoms with Crippen molar-refractivity contribution in [2.45, 2.75) is 19.0 Å². The largest absolute Gasteiger partial charge is 0.394 e. The summed E-state index contributed by atoms with van der Waals surface area (Å²) in [6.45, 7) is 1.38. The highest BCUT2D eigenvalue weighted by Gasteiger charge is 2.25. The maximum Gasteiger partial charge on any atom is 0.266 e. The van der Waals surface area contributed by atoms with Crippen LogP contribution in [0.2, 0.25) is 5.02 Å². The number of ether oxygens (including phenoxy) is 1. The van der Waals surface area contributed by atoms with E-state index >= 15 is 0 Å². The first-order chi connectivity index (χ1) is 16.5. The molecule has 1 saturated heterocycles. The second-order valence-corrected chi connectivity index (χ2v) is 8.67. The molecule has 0 spiro atoms. The Bertz CT molecular complexity index is 1380. The van der Waals surface area contributed by atoms with Crippen molar-refractivity contribution in [2.24, 2.45) is 5.92 Å². The van der Waals surface area contributed by atoms with E-state index in [-0.39, 0.29) is 36.5 Å². The lowest BCUT2D eigenvalue weighted by Gasteiger charge is -2.22. The molecule has 176 valence electrons. The van der Waals surface area contributed by atoms with Gasteiger partial charge in [0.1, 0.15) is 11.6 Å². The number of aliphatic hydroxyl groups excluding tert-OH is 1. The molecule has 1 aliphatic heterocycles. The Labute approximate surface area is 199 Å². The fourth-order valence-electron chi connectivity index (χ4n) is 4.25. The number of benzene rings is 1. The standard InChI is InChI=1S/C24H23ClFN5O3/c25-18-11-27-23(29-20(13-32)16-6-8-34-14-16)9-22(18)30-7-5-21-17(24(30)33)10-28-31(21)12-15-3-1-2-4-19(15)26/h1-5,7,9-11,16,20,32H,6,8,12-14H2,(H,27,29)/t16?,20-/m1/s1. The highest BCUT2D eigenvalue weighted by atomic mass is 35.5. The van der Waals surface area contributed by atoms with Crippen LogP contribution in [0.5, 0.6) is 0 Å². The Kier molecular flexibility index (Phi) is 6.32. The first-order valence-corrected chi connectivity index (χ1v) is 11.3. The summed E-state index contributed by atoms with van der Waals surface area (Å²) in [6.07, 6.45) is 5.41. The van der Waals surface area contributed by atoms with E-state index in [2.05, 4.69) is 15.4 Å². The summed E-state index contributed by atoms with van der Waals surface area (Å²) < 4.78 is 22.5. The van der Waals surface area contributed by atoms with Crippen LogP contribution in [0.1, 0.15) is 12.0 Å². The number of aromatic nitrogens is 4. The molecule has 4 aromatic rings. The first-order valence-electron chi connectivity index (χ1n) is 11.0. The van der Waals surface area contributed by atoms with Gasteiger partial charge in [-0.05, 0) is 18.6 Å². The van der Waals surface area contributed by atoms with Crippen LogP contribution in [0, 0.1) is 11.7 Å². The molecule has 10 heteroatoms. The minimum absolute atomic E-state index is 0.0687. The van der Waals surface area contributed by atoms with Crippen molar-refractivity contribution in [3.8, 4) is 5.69 Å². The fraction of sp³-hybridized carbons (Fsp3) is 0.292. The Morgan fingerprint density at radius 3 is 2.91 bits per heavy atom. The summed E-state index contributed by atoms with van der Waals surface area (Å²) in [5.74, 6) is 0.339. The average Bonchev–Trinajstić information content (AvgIpc) is 3.52. The Hall–Kier alpha value is -3.27. The summed E-state index contributed by atoms with van der Waals surface area (Å²) in [4.78, 5) is 17.6. The predicted octanol–water partition coefficient (Wildman–Crippen LogP) is 3.23.